The summed E-state index contributed by atoms with van der Waals surface area (Å²) >= 11 is 1.34. The molecule has 2 aromatic heterocycles. The number of aryl methyl sites for hydroxylation is 1. The highest BCUT2D eigenvalue weighted by molar-refractivity contribution is 8.00. The molecule has 1 atom stereocenters. The van der Waals surface area contributed by atoms with E-state index in [1.54, 1.807) is 43.7 Å². The SMILES string of the molecule is C=CCn1c(SC(C)C(=O)Nc2ccc(OC)cc2)nnc1-c1ccoc1C. The number of furan rings is 1. The first-order valence-electron chi connectivity index (χ1n) is 8.73. The molecule has 1 amide bonds. The van der Waals surface area contributed by atoms with Crippen molar-refractivity contribution < 1.29 is 13.9 Å². The van der Waals surface area contributed by atoms with Crippen LogP contribution in [-0.4, -0.2) is 33.0 Å². The summed E-state index contributed by atoms with van der Waals surface area (Å²) in [5.41, 5.74) is 1.58. The molecule has 1 unspecified atom stereocenters. The lowest BCUT2D eigenvalue weighted by Crippen LogP contribution is -2.23. The van der Waals surface area contributed by atoms with Crippen LogP contribution >= 0.6 is 11.8 Å². The number of carbonyl (C=O) groups is 1. The summed E-state index contributed by atoms with van der Waals surface area (Å²) in [4.78, 5) is 12.6. The largest absolute Gasteiger partial charge is 0.497 e. The average Bonchev–Trinajstić information content (AvgIpc) is 3.28. The van der Waals surface area contributed by atoms with Gasteiger partial charge in [0.15, 0.2) is 11.0 Å². The Balaban J connectivity index is 1.74. The molecule has 28 heavy (non-hydrogen) atoms. The Morgan fingerprint density at radius 1 is 1.36 bits per heavy atom. The lowest BCUT2D eigenvalue weighted by Gasteiger charge is -2.13. The maximum absolute atomic E-state index is 12.6. The lowest BCUT2D eigenvalue weighted by atomic mass is 10.2. The first-order chi connectivity index (χ1) is 13.5. The van der Waals surface area contributed by atoms with Crippen LogP contribution in [0, 0.1) is 6.92 Å². The first kappa shape index (κ1) is 19.8. The highest BCUT2D eigenvalue weighted by atomic mass is 32.2. The molecule has 0 radical (unpaired) electrons. The van der Waals surface area contributed by atoms with Crippen molar-refractivity contribution in [3.8, 4) is 17.1 Å². The zero-order chi connectivity index (χ0) is 20.1. The van der Waals surface area contributed by atoms with Crippen molar-refractivity contribution in [2.75, 3.05) is 12.4 Å². The number of hydrogen-bond donors (Lipinski definition) is 1. The minimum absolute atomic E-state index is 0.121. The number of nitrogens with one attached hydrogen (secondary N) is 1. The van der Waals surface area contributed by atoms with E-state index in [1.165, 1.54) is 11.8 Å². The van der Waals surface area contributed by atoms with Crippen molar-refractivity contribution in [3.05, 3.63) is 55.0 Å². The third-order valence-corrected chi connectivity index (χ3v) is 5.22. The van der Waals surface area contributed by atoms with Gasteiger partial charge in [-0.1, -0.05) is 17.8 Å². The molecule has 0 spiro atoms. The third kappa shape index (κ3) is 4.28. The minimum atomic E-state index is -0.367. The second-order valence-electron chi connectivity index (χ2n) is 6.07. The summed E-state index contributed by atoms with van der Waals surface area (Å²) in [6, 6.07) is 9.05. The standard InChI is InChI=1S/C20H22N4O3S/c1-5-11-24-18(17-10-12-27-13(17)2)22-23-20(24)28-14(3)19(25)21-15-6-8-16(26-4)9-7-15/h5-10,12,14H,1,11H2,2-4H3,(H,21,25). The molecular formula is C20H22N4O3S. The Morgan fingerprint density at radius 3 is 2.71 bits per heavy atom. The topological polar surface area (TPSA) is 82.2 Å². The molecule has 146 valence electrons. The second kappa shape index (κ2) is 8.79. The van der Waals surface area contributed by atoms with Gasteiger partial charge in [-0.2, -0.15) is 0 Å². The maximum atomic E-state index is 12.6. The molecule has 0 aliphatic rings. The monoisotopic (exact) mass is 398 g/mol. The Labute approximate surface area is 167 Å². The highest BCUT2D eigenvalue weighted by Crippen LogP contribution is 2.29. The van der Waals surface area contributed by atoms with E-state index >= 15 is 0 Å². The van der Waals surface area contributed by atoms with E-state index in [0.717, 1.165) is 17.1 Å². The van der Waals surface area contributed by atoms with E-state index in [2.05, 4.69) is 22.1 Å². The number of methoxy groups -OCH3 is 1. The van der Waals surface area contributed by atoms with Gasteiger partial charge in [-0.3, -0.25) is 9.36 Å². The van der Waals surface area contributed by atoms with Gasteiger partial charge in [-0.15, -0.1) is 16.8 Å². The van der Waals surface area contributed by atoms with Crippen LogP contribution in [0.2, 0.25) is 0 Å². The van der Waals surface area contributed by atoms with Gasteiger partial charge in [0.2, 0.25) is 5.91 Å². The summed E-state index contributed by atoms with van der Waals surface area (Å²) in [5, 5.41) is 11.7. The molecule has 0 aliphatic heterocycles. The van der Waals surface area contributed by atoms with E-state index < -0.39 is 0 Å². The molecule has 8 heteroatoms. The Morgan fingerprint density at radius 2 is 2.11 bits per heavy atom. The van der Waals surface area contributed by atoms with Crippen molar-refractivity contribution in [3.63, 3.8) is 0 Å². The van der Waals surface area contributed by atoms with Crippen molar-refractivity contribution in [2.24, 2.45) is 0 Å². The lowest BCUT2D eigenvalue weighted by molar-refractivity contribution is -0.115. The molecule has 0 aliphatic carbocycles. The number of thioether (sulfide) groups is 1. The number of nitrogens with zero attached hydrogens (tertiary/aromatic N) is 3. The third-order valence-electron chi connectivity index (χ3n) is 4.14. The predicted octanol–water partition coefficient (Wildman–Crippen LogP) is 4.16. The Bertz CT molecular complexity index is 962. The van der Waals surface area contributed by atoms with Crippen LogP contribution in [0.4, 0.5) is 5.69 Å². The van der Waals surface area contributed by atoms with E-state index in [9.17, 15) is 4.79 Å². The molecule has 0 fully saturated rings. The van der Waals surface area contributed by atoms with Gasteiger partial charge in [0.05, 0.1) is 24.2 Å². The van der Waals surface area contributed by atoms with Crippen LogP contribution in [0.1, 0.15) is 12.7 Å². The van der Waals surface area contributed by atoms with E-state index in [0.29, 0.717) is 23.2 Å². The molecule has 7 nitrogen and oxygen atoms in total. The molecule has 1 aromatic carbocycles. The van der Waals surface area contributed by atoms with Crippen molar-refractivity contribution in [2.45, 2.75) is 30.8 Å². The zero-order valence-electron chi connectivity index (χ0n) is 16.0. The number of allylic oxidation sites excluding steroid dienone is 1. The number of anilines is 1. The summed E-state index contributed by atoms with van der Waals surface area (Å²) in [6.07, 6.45) is 3.39. The minimum Gasteiger partial charge on any atom is -0.497 e. The summed E-state index contributed by atoms with van der Waals surface area (Å²) in [6.45, 7) is 8.04. The Hall–Kier alpha value is -3.00. The molecule has 3 aromatic rings. The average molecular weight is 398 g/mol. The maximum Gasteiger partial charge on any atom is 0.237 e. The van der Waals surface area contributed by atoms with E-state index in [4.69, 9.17) is 9.15 Å². The fraction of sp³-hybridized carbons (Fsp3) is 0.250. The number of ether oxygens (including phenoxy) is 1. The number of rotatable bonds is 8. The van der Waals surface area contributed by atoms with Crippen LogP contribution < -0.4 is 10.1 Å². The number of aromatic nitrogens is 3. The van der Waals surface area contributed by atoms with Gasteiger partial charge in [0, 0.05) is 12.2 Å². The fourth-order valence-electron chi connectivity index (χ4n) is 2.62. The summed E-state index contributed by atoms with van der Waals surface area (Å²) in [5.74, 6) is 2.07. The molecule has 0 bridgehead atoms. The van der Waals surface area contributed by atoms with Crippen molar-refractivity contribution in [1.82, 2.24) is 14.8 Å². The van der Waals surface area contributed by atoms with Crippen LogP contribution in [0.25, 0.3) is 11.4 Å². The highest BCUT2D eigenvalue weighted by Gasteiger charge is 2.21. The smallest absolute Gasteiger partial charge is 0.237 e. The van der Waals surface area contributed by atoms with Gasteiger partial charge >= 0.3 is 0 Å². The normalized spacial score (nSPS) is 11.8. The molecule has 1 N–H and O–H groups in total. The second-order valence-corrected chi connectivity index (χ2v) is 7.38. The molecular weight excluding hydrogens is 376 g/mol. The van der Waals surface area contributed by atoms with Gasteiger partial charge in [-0.25, -0.2) is 0 Å². The van der Waals surface area contributed by atoms with Gasteiger partial charge in [0.1, 0.15) is 11.5 Å². The molecule has 0 saturated heterocycles. The molecule has 3 rings (SSSR count). The van der Waals surface area contributed by atoms with Gasteiger partial charge < -0.3 is 14.5 Å². The molecule has 0 saturated carbocycles. The van der Waals surface area contributed by atoms with Gasteiger partial charge in [-0.05, 0) is 44.2 Å². The number of amides is 1. The zero-order valence-corrected chi connectivity index (χ0v) is 16.8. The van der Waals surface area contributed by atoms with Crippen molar-refractivity contribution >= 4 is 23.4 Å². The number of hydrogen-bond acceptors (Lipinski definition) is 6. The first-order valence-corrected chi connectivity index (χ1v) is 9.61. The Kier molecular flexibility index (Phi) is 6.20. The van der Waals surface area contributed by atoms with Crippen LogP contribution in [0.3, 0.4) is 0 Å². The molecule has 2 heterocycles. The number of carbonyl (C=O) groups excluding carboxylic acids is 1. The summed E-state index contributed by atoms with van der Waals surface area (Å²) in [7, 11) is 1.60. The predicted molar refractivity (Wildman–Crippen MR) is 110 cm³/mol. The summed E-state index contributed by atoms with van der Waals surface area (Å²) < 4.78 is 12.4. The number of benzene rings is 1. The van der Waals surface area contributed by atoms with Crippen LogP contribution in [0.15, 0.2) is 58.8 Å². The van der Waals surface area contributed by atoms with Gasteiger partial charge in [0.25, 0.3) is 0 Å². The van der Waals surface area contributed by atoms with Crippen LogP contribution in [-0.2, 0) is 11.3 Å². The fourth-order valence-corrected chi connectivity index (χ4v) is 3.47. The van der Waals surface area contributed by atoms with Crippen molar-refractivity contribution in [1.29, 1.82) is 0 Å². The van der Waals surface area contributed by atoms with Crippen LogP contribution in [0.5, 0.6) is 5.75 Å². The van der Waals surface area contributed by atoms with E-state index in [-0.39, 0.29) is 11.2 Å². The quantitative estimate of drug-likeness (QED) is 0.453. The van der Waals surface area contributed by atoms with E-state index in [1.807, 2.05) is 24.5 Å².